The van der Waals surface area contributed by atoms with Crippen molar-refractivity contribution in [2.75, 3.05) is 18.0 Å². The Morgan fingerprint density at radius 1 is 1.08 bits per heavy atom. The average molecular weight is 345 g/mol. The SMILES string of the molecule is Cc1ccc(C)c(-c2cc(N3CCNC3=O)ccc2S(N)(=O)=O)c1. The first-order valence-electron chi connectivity index (χ1n) is 7.57. The maximum Gasteiger partial charge on any atom is 0.321 e. The van der Waals surface area contributed by atoms with Gasteiger partial charge in [0.25, 0.3) is 0 Å². The van der Waals surface area contributed by atoms with E-state index in [9.17, 15) is 13.2 Å². The molecule has 7 heteroatoms. The van der Waals surface area contributed by atoms with Crippen LogP contribution in [-0.2, 0) is 10.0 Å². The van der Waals surface area contributed by atoms with Crippen LogP contribution in [-0.4, -0.2) is 27.5 Å². The number of primary sulfonamides is 1. The molecule has 1 aliphatic rings. The number of hydrogen-bond acceptors (Lipinski definition) is 3. The fourth-order valence-corrected chi connectivity index (χ4v) is 3.62. The van der Waals surface area contributed by atoms with E-state index >= 15 is 0 Å². The number of urea groups is 1. The highest BCUT2D eigenvalue weighted by Gasteiger charge is 2.24. The van der Waals surface area contributed by atoms with Crippen LogP contribution in [0.5, 0.6) is 0 Å². The molecule has 0 radical (unpaired) electrons. The Balaban J connectivity index is 2.24. The summed E-state index contributed by atoms with van der Waals surface area (Å²) in [6, 6.07) is 10.4. The van der Waals surface area contributed by atoms with Crippen molar-refractivity contribution in [3.05, 3.63) is 47.5 Å². The van der Waals surface area contributed by atoms with Crippen LogP contribution in [0.1, 0.15) is 11.1 Å². The van der Waals surface area contributed by atoms with Gasteiger partial charge < -0.3 is 5.32 Å². The summed E-state index contributed by atoms with van der Waals surface area (Å²) in [5, 5.41) is 8.13. The fourth-order valence-electron chi connectivity index (χ4n) is 2.89. The number of aryl methyl sites for hydroxylation is 2. The van der Waals surface area contributed by atoms with Crippen molar-refractivity contribution in [3.8, 4) is 11.1 Å². The van der Waals surface area contributed by atoms with E-state index in [4.69, 9.17) is 5.14 Å². The van der Waals surface area contributed by atoms with E-state index in [0.717, 1.165) is 16.7 Å². The second kappa shape index (κ2) is 5.92. The topological polar surface area (TPSA) is 92.5 Å². The summed E-state index contributed by atoms with van der Waals surface area (Å²) in [5.74, 6) is 0. The van der Waals surface area contributed by atoms with Gasteiger partial charge in [-0.15, -0.1) is 0 Å². The van der Waals surface area contributed by atoms with Gasteiger partial charge in [-0.3, -0.25) is 4.90 Å². The van der Waals surface area contributed by atoms with Gasteiger partial charge in [0.1, 0.15) is 0 Å². The van der Waals surface area contributed by atoms with Crippen molar-refractivity contribution in [1.82, 2.24) is 5.32 Å². The van der Waals surface area contributed by atoms with Crippen LogP contribution in [0.15, 0.2) is 41.3 Å². The molecule has 0 spiro atoms. The van der Waals surface area contributed by atoms with Gasteiger partial charge in [0.15, 0.2) is 0 Å². The maximum atomic E-state index is 12.0. The molecule has 2 amide bonds. The number of carbonyl (C=O) groups is 1. The third-order valence-corrected chi connectivity index (χ3v) is 5.09. The summed E-state index contributed by atoms with van der Waals surface area (Å²) >= 11 is 0. The van der Waals surface area contributed by atoms with E-state index in [1.807, 2.05) is 32.0 Å². The molecule has 2 aromatic carbocycles. The Kier molecular flexibility index (Phi) is 4.06. The molecule has 0 unspecified atom stereocenters. The third kappa shape index (κ3) is 3.00. The highest BCUT2D eigenvalue weighted by molar-refractivity contribution is 7.89. The predicted octanol–water partition coefficient (Wildman–Crippen LogP) is 2.15. The second-order valence-electron chi connectivity index (χ2n) is 5.93. The second-order valence-corrected chi connectivity index (χ2v) is 7.46. The van der Waals surface area contributed by atoms with E-state index in [2.05, 4.69) is 5.32 Å². The number of carbonyl (C=O) groups excluding carboxylic acids is 1. The highest BCUT2D eigenvalue weighted by atomic mass is 32.2. The Morgan fingerprint density at radius 3 is 2.46 bits per heavy atom. The molecule has 1 heterocycles. The van der Waals surface area contributed by atoms with E-state index in [0.29, 0.717) is 24.3 Å². The number of rotatable bonds is 3. The first-order chi connectivity index (χ1) is 11.3. The Labute approximate surface area is 141 Å². The number of nitrogens with one attached hydrogen (secondary N) is 1. The van der Waals surface area contributed by atoms with E-state index < -0.39 is 10.0 Å². The molecule has 0 saturated carbocycles. The summed E-state index contributed by atoms with van der Waals surface area (Å²) in [7, 11) is -3.88. The Hall–Kier alpha value is -2.38. The molecule has 1 aliphatic heterocycles. The molecule has 1 fully saturated rings. The van der Waals surface area contributed by atoms with Crippen LogP contribution < -0.4 is 15.4 Å². The average Bonchev–Trinajstić information content (AvgIpc) is 2.94. The van der Waals surface area contributed by atoms with Gasteiger partial charge in [-0.2, -0.15) is 0 Å². The monoisotopic (exact) mass is 345 g/mol. The quantitative estimate of drug-likeness (QED) is 0.893. The standard InChI is InChI=1S/C17H19N3O3S/c1-11-3-4-12(2)14(9-11)15-10-13(20-8-7-19-17(20)21)5-6-16(15)24(18,22)23/h3-6,9-10H,7-8H2,1-2H3,(H,19,21)(H2,18,22,23). The normalized spacial score (nSPS) is 14.8. The van der Waals surface area contributed by atoms with Gasteiger partial charge in [-0.25, -0.2) is 18.4 Å². The lowest BCUT2D eigenvalue weighted by molar-refractivity contribution is 0.252. The molecule has 24 heavy (non-hydrogen) atoms. The van der Waals surface area contributed by atoms with Crippen molar-refractivity contribution in [2.45, 2.75) is 18.7 Å². The minimum atomic E-state index is -3.88. The van der Waals surface area contributed by atoms with Crippen molar-refractivity contribution >= 4 is 21.7 Å². The lowest BCUT2D eigenvalue weighted by atomic mass is 9.98. The van der Waals surface area contributed by atoms with Gasteiger partial charge in [-0.1, -0.05) is 23.8 Å². The van der Waals surface area contributed by atoms with Crippen LogP contribution in [0, 0.1) is 13.8 Å². The molecule has 2 aromatic rings. The number of hydrogen-bond donors (Lipinski definition) is 2. The van der Waals surface area contributed by atoms with Gasteiger partial charge in [0.05, 0.1) is 4.90 Å². The highest BCUT2D eigenvalue weighted by Crippen LogP contribution is 2.34. The van der Waals surface area contributed by atoms with Gasteiger partial charge in [0, 0.05) is 24.3 Å². The maximum absolute atomic E-state index is 12.0. The summed E-state index contributed by atoms with van der Waals surface area (Å²) in [4.78, 5) is 13.5. The molecule has 6 nitrogen and oxygen atoms in total. The van der Waals surface area contributed by atoms with Crippen molar-refractivity contribution in [1.29, 1.82) is 0 Å². The zero-order valence-electron chi connectivity index (χ0n) is 13.5. The van der Waals surface area contributed by atoms with E-state index in [1.54, 1.807) is 17.0 Å². The minimum Gasteiger partial charge on any atom is -0.336 e. The molecule has 0 aromatic heterocycles. The molecule has 1 saturated heterocycles. The third-order valence-electron chi connectivity index (χ3n) is 4.12. The number of nitrogens with zero attached hydrogens (tertiary/aromatic N) is 1. The minimum absolute atomic E-state index is 0.0551. The molecule has 3 N–H and O–H groups in total. The first-order valence-corrected chi connectivity index (χ1v) is 9.12. The number of nitrogens with two attached hydrogens (primary N) is 1. The fraction of sp³-hybridized carbons (Fsp3) is 0.235. The molecule has 3 rings (SSSR count). The summed E-state index contributed by atoms with van der Waals surface area (Å²) in [5.41, 5.74) is 3.90. The lowest BCUT2D eigenvalue weighted by Crippen LogP contribution is -2.27. The Bertz CT molecular complexity index is 923. The molecular formula is C17H19N3O3S. The van der Waals surface area contributed by atoms with Crippen molar-refractivity contribution < 1.29 is 13.2 Å². The summed E-state index contributed by atoms with van der Waals surface area (Å²) in [6.07, 6.45) is 0. The van der Waals surface area contributed by atoms with E-state index in [1.165, 1.54) is 6.07 Å². The zero-order valence-corrected chi connectivity index (χ0v) is 14.4. The molecule has 126 valence electrons. The summed E-state index contributed by atoms with van der Waals surface area (Å²) < 4.78 is 24.0. The predicted molar refractivity (Wildman–Crippen MR) is 93.5 cm³/mol. The smallest absolute Gasteiger partial charge is 0.321 e. The van der Waals surface area contributed by atoms with Gasteiger partial charge >= 0.3 is 6.03 Å². The van der Waals surface area contributed by atoms with Gasteiger partial charge in [-0.05, 0) is 43.2 Å². The summed E-state index contributed by atoms with van der Waals surface area (Å²) in [6.45, 7) is 4.96. The molecule has 0 aliphatic carbocycles. The van der Waals surface area contributed by atoms with Crippen molar-refractivity contribution in [3.63, 3.8) is 0 Å². The number of amides is 2. The Morgan fingerprint density at radius 2 is 1.83 bits per heavy atom. The molecule has 0 bridgehead atoms. The largest absolute Gasteiger partial charge is 0.336 e. The van der Waals surface area contributed by atoms with Crippen LogP contribution in [0.2, 0.25) is 0 Å². The lowest BCUT2D eigenvalue weighted by Gasteiger charge is -2.18. The van der Waals surface area contributed by atoms with E-state index in [-0.39, 0.29) is 10.9 Å². The number of benzene rings is 2. The number of sulfonamides is 1. The van der Waals surface area contributed by atoms with Gasteiger partial charge in [0.2, 0.25) is 10.0 Å². The molecule has 0 atom stereocenters. The van der Waals surface area contributed by atoms with Crippen LogP contribution in [0.4, 0.5) is 10.5 Å². The van der Waals surface area contributed by atoms with Crippen LogP contribution in [0.25, 0.3) is 11.1 Å². The van der Waals surface area contributed by atoms with Crippen LogP contribution >= 0.6 is 0 Å². The number of anilines is 1. The molecular weight excluding hydrogens is 326 g/mol. The van der Waals surface area contributed by atoms with Crippen molar-refractivity contribution in [2.24, 2.45) is 5.14 Å². The zero-order chi connectivity index (χ0) is 17.5. The van der Waals surface area contributed by atoms with Crippen LogP contribution in [0.3, 0.4) is 0 Å². The first kappa shape index (κ1) is 16.5.